The maximum absolute atomic E-state index is 6.46. The van der Waals surface area contributed by atoms with Crippen LogP contribution in [0.25, 0.3) is 21.9 Å². The first-order chi connectivity index (χ1) is 12.4. The Morgan fingerprint density at radius 3 is 2.08 bits per heavy atom. The van der Waals surface area contributed by atoms with Gasteiger partial charge in [-0.2, -0.15) is 0 Å². The number of aryl methyl sites for hydroxylation is 1. The van der Waals surface area contributed by atoms with E-state index in [9.17, 15) is 0 Å². The topological polar surface area (TPSA) is 16.4 Å². The Morgan fingerprint density at radius 1 is 0.808 bits per heavy atom. The molecule has 0 unspecified atom stereocenters. The summed E-state index contributed by atoms with van der Waals surface area (Å²) in [7, 11) is 0. The van der Waals surface area contributed by atoms with Crippen molar-refractivity contribution >= 4 is 56.2 Å². The lowest BCUT2D eigenvalue weighted by molar-refractivity contribution is 0.573. The zero-order valence-corrected chi connectivity index (χ0v) is 17.7. The number of benzene rings is 3. The number of halogens is 1. The van der Waals surface area contributed by atoms with Gasteiger partial charge < -0.3 is 4.42 Å². The fraction of sp³-hybridized carbons (Fsp3) is 0.217. The highest BCUT2D eigenvalue weighted by Gasteiger charge is 2.22. The molecule has 0 atom stereocenters. The number of nitrogens with zero attached hydrogens (tertiary/aromatic N) is 1. The molecule has 1 aromatic heterocycles. The quantitative estimate of drug-likeness (QED) is 0.228. The van der Waals surface area contributed by atoms with Crippen LogP contribution in [0.3, 0.4) is 0 Å². The second kappa shape index (κ2) is 6.31. The molecular weight excluding hydrogens is 433 g/mol. The van der Waals surface area contributed by atoms with Gasteiger partial charge in [0.2, 0.25) is 0 Å². The minimum Gasteiger partial charge on any atom is -0.454 e. The maximum atomic E-state index is 6.46. The molecular formula is C23H22INO. The van der Waals surface area contributed by atoms with E-state index in [-0.39, 0.29) is 5.41 Å². The van der Waals surface area contributed by atoms with E-state index in [2.05, 4.69) is 114 Å². The van der Waals surface area contributed by atoms with Crippen molar-refractivity contribution in [1.29, 1.82) is 0 Å². The monoisotopic (exact) mass is 455 g/mol. The van der Waals surface area contributed by atoms with Gasteiger partial charge in [0, 0.05) is 16.3 Å². The Balaban J connectivity index is 1.96. The second-order valence-electron chi connectivity index (χ2n) is 7.80. The van der Waals surface area contributed by atoms with Gasteiger partial charge in [0.25, 0.3) is 0 Å². The lowest BCUT2D eigenvalue weighted by atomic mass is 9.86. The molecule has 0 radical (unpaired) electrons. The molecule has 0 aliphatic heterocycles. The van der Waals surface area contributed by atoms with Crippen LogP contribution < -0.4 is 3.11 Å². The first kappa shape index (κ1) is 17.4. The Bertz CT molecular complexity index is 1090. The summed E-state index contributed by atoms with van der Waals surface area (Å²) < 4.78 is 8.63. The highest BCUT2D eigenvalue weighted by atomic mass is 127. The summed E-state index contributed by atoms with van der Waals surface area (Å²) in [6, 6.07) is 21.4. The normalized spacial score (nSPS) is 12.0. The molecule has 0 fully saturated rings. The van der Waals surface area contributed by atoms with Crippen molar-refractivity contribution in [3.05, 3.63) is 71.8 Å². The molecule has 3 heteroatoms. The molecule has 0 bridgehead atoms. The zero-order valence-electron chi connectivity index (χ0n) is 15.5. The van der Waals surface area contributed by atoms with Crippen molar-refractivity contribution in [2.24, 2.45) is 0 Å². The van der Waals surface area contributed by atoms with Crippen LogP contribution in [-0.2, 0) is 5.41 Å². The van der Waals surface area contributed by atoms with E-state index in [1.807, 2.05) is 0 Å². The zero-order chi connectivity index (χ0) is 18.5. The maximum Gasteiger partial charge on any atom is 0.159 e. The Kier molecular flexibility index (Phi) is 4.22. The molecule has 2 nitrogen and oxygen atoms in total. The summed E-state index contributed by atoms with van der Waals surface area (Å²) in [6.45, 7) is 8.79. The molecule has 3 aromatic carbocycles. The predicted molar refractivity (Wildman–Crippen MR) is 120 cm³/mol. The largest absolute Gasteiger partial charge is 0.454 e. The van der Waals surface area contributed by atoms with Gasteiger partial charge in [-0.1, -0.05) is 68.8 Å². The van der Waals surface area contributed by atoms with Gasteiger partial charge in [0.15, 0.2) is 5.58 Å². The number of rotatable bonds is 2. The summed E-state index contributed by atoms with van der Waals surface area (Å²) in [5.41, 5.74) is 6.69. The molecule has 0 N–H and O–H groups in total. The molecule has 0 aliphatic carbocycles. The first-order valence-electron chi connectivity index (χ1n) is 8.83. The van der Waals surface area contributed by atoms with Crippen LogP contribution in [0, 0.1) is 6.92 Å². The molecule has 4 aromatic rings. The number of para-hydroxylation sites is 2. The summed E-state index contributed by atoms with van der Waals surface area (Å²) in [6.07, 6.45) is 0. The van der Waals surface area contributed by atoms with Crippen LogP contribution in [0.1, 0.15) is 31.9 Å². The molecule has 0 saturated heterocycles. The van der Waals surface area contributed by atoms with E-state index in [1.165, 1.54) is 16.5 Å². The first-order valence-corrected chi connectivity index (χ1v) is 9.80. The van der Waals surface area contributed by atoms with Crippen LogP contribution in [0.5, 0.6) is 0 Å². The molecule has 26 heavy (non-hydrogen) atoms. The summed E-state index contributed by atoms with van der Waals surface area (Å²) in [5.74, 6) is 0. The number of furan rings is 1. The van der Waals surface area contributed by atoms with E-state index in [0.717, 1.165) is 27.9 Å². The lowest BCUT2D eigenvalue weighted by Gasteiger charge is -2.19. The van der Waals surface area contributed by atoms with Gasteiger partial charge in [0.1, 0.15) is 5.58 Å². The van der Waals surface area contributed by atoms with Crippen molar-refractivity contribution < 1.29 is 4.42 Å². The highest BCUT2D eigenvalue weighted by molar-refractivity contribution is 14.1. The van der Waals surface area contributed by atoms with E-state index in [0.29, 0.717) is 0 Å². The third-order valence-electron chi connectivity index (χ3n) is 4.78. The standard InChI is InChI=1S/C23H22INO/c1-15-11-13-16(14-12-15)25(24)20-10-6-8-18-17-7-5-9-19(23(2,3)4)21(17)26-22(18)20/h5-14H,1-4H3. The minimum absolute atomic E-state index is 0.0362. The fourth-order valence-corrected chi connectivity index (χ4v) is 4.07. The van der Waals surface area contributed by atoms with Gasteiger partial charge in [-0.15, -0.1) is 0 Å². The van der Waals surface area contributed by atoms with Gasteiger partial charge >= 0.3 is 0 Å². The van der Waals surface area contributed by atoms with E-state index in [4.69, 9.17) is 4.42 Å². The van der Waals surface area contributed by atoms with Crippen LogP contribution in [-0.4, -0.2) is 0 Å². The van der Waals surface area contributed by atoms with Crippen LogP contribution in [0.15, 0.2) is 65.1 Å². The van der Waals surface area contributed by atoms with E-state index >= 15 is 0 Å². The number of hydrogen-bond acceptors (Lipinski definition) is 2. The Hall–Kier alpha value is -2.01. The third-order valence-corrected chi connectivity index (χ3v) is 5.86. The summed E-state index contributed by atoms with van der Waals surface area (Å²) >= 11 is 2.36. The van der Waals surface area contributed by atoms with Gasteiger partial charge in [-0.05, 0) is 30.5 Å². The predicted octanol–water partition coefficient (Wildman–Crippen LogP) is 7.68. The average Bonchev–Trinajstić information content (AvgIpc) is 2.99. The van der Waals surface area contributed by atoms with Gasteiger partial charge in [-0.25, -0.2) is 0 Å². The van der Waals surface area contributed by atoms with Crippen molar-refractivity contribution in [2.45, 2.75) is 33.1 Å². The number of fused-ring (bicyclic) bond motifs is 3. The van der Waals surface area contributed by atoms with Gasteiger partial charge in [-0.3, -0.25) is 3.11 Å². The van der Waals surface area contributed by atoms with Gasteiger partial charge in [0.05, 0.1) is 34.2 Å². The summed E-state index contributed by atoms with van der Waals surface area (Å²) in [4.78, 5) is 0. The van der Waals surface area contributed by atoms with Crippen molar-refractivity contribution in [3.8, 4) is 0 Å². The molecule has 132 valence electrons. The van der Waals surface area contributed by atoms with E-state index in [1.54, 1.807) is 0 Å². The fourth-order valence-electron chi connectivity index (χ4n) is 3.37. The highest BCUT2D eigenvalue weighted by Crippen LogP contribution is 2.42. The molecule has 0 spiro atoms. The number of hydrogen-bond donors (Lipinski definition) is 0. The molecule has 0 amide bonds. The van der Waals surface area contributed by atoms with Crippen LogP contribution in [0.4, 0.5) is 11.4 Å². The Morgan fingerprint density at radius 2 is 1.42 bits per heavy atom. The second-order valence-corrected chi connectivity index (χ2v) is 8.77. The minimum atomic E-state index is 0.0362. The van der Waals surface area contributed by atoms with E-state index < -0.39 is 0 Å². The molecule has 1 heterocycles. The van der Waals surface area contributed by atoms with Crippen molar-refractivity contribution in [2.75, 3.05) is 3.11 Å². The molecule has 0 aliphatic rings. The van der Waals surface area contributed by atoms with Crippen LogP contribution in [0.2, 0.25) is 0 Å². The SMILES string of the molecule is Cc1ccc(N(I)c2cccc3c2oc2c(C(C)(C)C)cccc23)cc1. The number of anilines is 2. The third kappa shape index (κ3) is 2.88. The lowest BCUT2D eigenvalue weighted by Crippen LogP contribution is -2.10. The molecule has 0 saturated carbocycles. The molecule has 4 rings (SSSR count). The van der Waals surface area contributed by atoms with Crippen molar-refractivity contribution in [3.63, 3.8) is 0 Å². The summed E-state index contributed by atoms with van der Waals surface area (Å²) in [5, 5.41) is 2.35. The smallest absolute Gasteiger partial charge is 0.159 e. The van der Waals surface area contributed by atoms with Crippen molar-refractivity contribution in [1.82, 2.24) is 0 Å². The van der Waals surface area contributed by atoms with Crippen LogP contribution >= 0.6 is 22.9 Å². The Labute approximate surface area is 168 Å². The average molecular weight is 455 g/mol.